The number of aromatic nitrogens is 1. The molecule has 0 saturated heterocycles. The second-order valence-electron chi connectivity index (χ2n) is 9.88. The lowest BCUT2D eigenvalue weighted by Crippen LogP contribution is -2.19. The van der Waals surface area contributed by atoms with Gasteiger partial charge in [0.25, 0.3) is 0 Å². The normalized spacial score (nSPS) is 13.7. The van der Waals surface area contributed by atoms with Crippen LogP contribution in [0.4, 0.5) is 17.6 Å². The number of rotatable bonds is 12. The standard InChI is InChI=1S/C30H28F4N2O5S/c1-39-27-16-21-24(17-28(27)40-14-4-12-35-20-8-9-20)36-13-11-25(21)41-26-10-7-19(15-23(26)31)18-42(37,38)29-6-3-2-5-22(29)30(32,33)34/h2-3,5-7,10-11,13,15-17,20,35H,4,8-9,12,14,18H2,1H3. The Labute approximate surface area is 240 Å². The smallest absolute Gasteiger partial charge is 0.417 e. The van der Waals surface area contributed by atoms with Gasteiger partial charge in [0.1, 0.15) is 5.75 Å². The Kier molecular flexibility index (Phi) is 8.55. The summed E-state index contributed by atoms with van der Waals surface area (Å²) in [4.78, 5) is 3.49. The highest BCUT2D eigenvalue weighted by atomic mass is 32.2. The maximum atomic E-state index is 15.1. The van der Waals surface area contributed by atoms with Crippen LogP contribution < -0.4 is 19.5 Å². The summed E-state index contributed by atoms with van der Waals surface area (Å²) < 4.78 is 98.1. The van der Waals surface area contributed by atoms with Crippen LogP contribution in [0.25, 0.3) is 10.9 Å². The van der Waals surface area contributed by atoms with Gasteiger partial charge in [-0.15, -0.1) is 0 Å². The second kappa shape index (κ2) is 12.1. The first-order chi connectivity index (χ1) is 20.0. The van der Waals surface area contributed by atoms with Crippen molar-refractivity contribution in [1.29, 1.82) is 0 Å². The van der Waals surface area contributed by atoms with Crippen molar-refractivity contribution in [2.75, 3.05) is 20.3 Å². The molecule has 0 bridgehead atoms. The molecule has 5 rings (SSSR count). The first-order valence-electron chi connectivity index (χ1n) is 13.2. The van der Waals surface area contributed by atoms with Crippen molar-refractivity contribution in [1.82, 2.24) is 10.3 Å². The van der Waals surface area contributed by atoms with E-state index in [1.807, 2.05) is 0 Å². The van der Waals surface area contributed by atoms with E-state index in [1.165, 1.54) is 50.4 Å². The number of nitrogens with one attached hydrogen (secondary N) is 1. The minimum atomic E-state index is -4.86. The lowest BCUT2D eigenvalue weighted by molar-refractivity contribution is -0.139. The molecule has 1 saturated carbocycles. The van der Waals surface area contributed by atoms with E-state index < -0.39 is 38.0 Å². The van der Waals surface area contributed by atoms with Gasteiger partial charge in [-0.25, -0.2) is 12.8 Å². The molecule has 0 unspecified atom stereocenters. The van der Waals surface area contributed by atoms with E-state index in [0.29, 0.717) is 41.1 Å². The molecular weight excluding hydrogens is 576 g/mol. The van der Waals surface area contributed by atoms with Crippen LogP contribution in [0.5, 0.6) is 23.0 Å². The van der Waals surface area contributed by atoms with Crippen molar-refractivity contribution in [2.45, 2.75) is 42.1 Å². The Balaban J connectivity index is 1.33. The van der Waals surface area contributed by atoms with E-state index in [9.17, 15) is 21.6 Å². The van der Waals surface area contributed by atoms with Gasteiger partial charge in [0.05, 0.1) is 35.4 Å². The Morgan fingerprint density at radius 3 is 2.48 bits per heavy atom. The van der Waals surface area contributed by atoms with E-state index in [4.69, 9.17) is 14.2 Å². The van der Waals surface area contributed by atoms with E-state index >= 15 is 4.39 Å². The molecule has 1 fully saturated rings. The predicted octanol–water partition coefficient (Wildman–Crippen LogP) is 6.69. The number of hydrogen-bond donors (Lipinski definition) is 1. The fraction of sp³-hybridized carbons (Fsp3) is 0.300. The van der Waals surface area contributed by atoms with Crippen LogP contribution in [0.3, 0.4) is 0 Å². The second-order valence-corrected chi connectivity index (χ2v) is 11.8. The molecule has 42 heavy (non-hydrogen) atoms. The average molecular weight is 605 g/mol. The molecule has 0 spiro atoms. The summed E-state index contributed by atoms with van der Waals surface area (Å²) >= 11 is 0. The topological polar surface area (TPSA) is 86.8 Å². The van der Waals surface area contributed by atoms with Gasteiger partial charge < -0.3 is 19.5 Å². The number of fused-ring (bicyclic) bond motifs is 1. The Morgan fingerprint density at radius 1 is 0.976 bits per heavy atom. The van der Waals surface area contributed by atoms with Crippen LogP contribution in [0.2, 0.25) is 0 Å². The summed E-state index contributed by atoms with van der Waals surface area (Å²) in [5.41, 5.74) is -0.789. The molecule has 0 aliphatic heterocycles. The van der Waals surface area contributed by atoms with E-state index in [1.54, 1.807) is 12.1 Å². The highest BCUT2D eigenvalue weighted by Gasteiger charge is 2.36. The zero-order valence-electron chi connectivity index (χ0n) is 22.6. The molecule has 1 N–H and O–H groups in total. The molecule has 1 aliphatic rings. The predicted molar refractivity (Wildman–Crippen MR) is 148 cm³/mol. The Morgan fingerprint density at radius 2 is 1.76 bits per heavy atom. The monoisotopic (exact) mass is 604 g/mol. The van der Waals surface area contributed by atoms with Crippen molar-refractivity contribution in [3.8, 4) is 23.0 Å². The Hall–Kier alpha value is -3.90. The third kappa shape index (κ3) is 6.93. The van der Waals surface area contributed by atoms with Gasteiger partial charge in [0.15, 0.2) is 32.9 Å². The highest BCUT2D eigenvalue weighted by Crippen LogP contribution is 2.38. The maximum absolute atomic E-state index is 15.1. The van der Waals surface area contributed by atoms with E-state index in [0.717, 1.165) is 31.2 Å². The molecule has 0 radical (unpaired) electrons. The van der Waals surface area contributed by atoms with E-state index in [-0.39, 0.29) is 17.1 Å². The number of hydrogen-bond acceptors (Lipinski definition) is 7. The van der Waals surface area contributed by atoms with Crippen LogP contribution in [0.15, 0.2) is 71.8 Å². The van der Waals surface area contributed by atoms with Crippen LogP contribution in [0.1, 0.15) is 30.4 Å². The zero-order valence-corrected chi connectivity index (χ0v) is 23.4. The minimum Gasteiger partial charge on any atom is -0.493 e. The Bertz CT molecular complexity index is 1690. The summed E-state index contributed by atoms with van der Waals surface area (Å²) in [6.07, 6.45) is -0.121. The summed E-state index contributed by atoms with van der Waals surface area (Å²) in [5.74, 6) is -0.714. The molecule has 12 heteroatoms. The van der Waals surface area contributed by atoms with Crippen molar-refractivity contribution in [2.24, 2.45) is 0 Å². The quantitative estimate of drug-likeness (QED) is 0.142. The number of ether oxygens (including phenoxy) is 3. The molecule has 7 nitrogen and oxygen atoms in total. The number of nitrogens with zero attached hydrogens (tertiary/aromatic N) is 1. The van der Waals surface area contributed by atoms with Crippen LogP contribution in [-0.4, -0.2) is 39.7 Å². The number of sulfone groups is 1. The summed E-state index contributed by atoms with van der Waals surface area (Å²) in [6.45, 7) is 1.33. The number of alkyl halides is 3. The van der Waals surface area contributed by atoms with Gasteiger partial charge in [-0.2, -0.15) is 13.2 Å². The lowest BCUT2D eigenvalue weighted by Gasteiger charge is -2.15. The van der Waals surface area contributed by atoms with Crippen molar-refractivity contribution >= 4 is 20.7 Å². The molecule has 1 aromatic heterocycles. The number of methoxy groups -OCH3 is 1. The SMILES string of the molecule is COc1cc2c(Oc3ccc(CS(=O)(=O)c4ccccc4C(F)(F)F)cc3F)ccnc2cc1OCCCNC1CC1. The fourth-order valence-corrected chi connectivity index (χ4v) is 6.02. The first-order valence-corrected chi connectivity index (χ1v) is 14.9. The molecule has 1 heterocycles. The van der Waals surface area contributed by atoms with Crippen LogP contribution in [0, 0.1) is 5.82 Å². The van der Waals surface area contributed by atoms with Crippen molar-refractivity contribution in [3.63, 3.8) is 0 Å². The molecule has 3 aromatic carbocycles. The molecule has 0 atom stereocenters. The zero-order chi connectivity index (χ0) is 29.9. The number of benzene rings is 3. The molecular formula is C30H28F4N2O5S. The fourth-order valence-electron chi connectivity index (χ4n) is 4.44. The van der Waals surface area contributed by atoms with Gasteiger partial charge in [-0.1, -0.05) is 18.2 Å². The van der Waals surface area contributed by atoms with Gasteiger partial charge in [0.2, 0.25) is 0 Å². The largest absolute Gasteiger partial charge is 0.493 e. The average Bonchev–Trinajstić information content (AvgIpc) is 3.78. The van der Waals surface area contributed by atoms with Gasteiger partial charge in [0, 0.05) is 23.7 Å². The van der Waals surface area contributed by atoms with E-state index in [2.05, 4.69) is 10.3 Å². The maximum Gasteiger partial charge on any atom is 0.417 e. The number of pyridine rings is 1. The summed E-state index contributed by atoms with van der Waals surface area (Å²) in [5, 5.41) is 3.94. The highest BCUT2D eigenvalue weighted by molar-refractivity contribution is 7.90. The van der Waals surface area contributed by atoms with Gasteiger partial charge in [-0.05, 0) is 67.8 Å². The molecule has 222 valence electrons. The number of halogens is 4. The van der Waals surface area contributed by atoms with Gasteiger partial charge in [-0.3, -0.25) is 4.98 Å². The molecule has 0 amide bonds. The first kappa shape index (κ1) is 29.6. The third-order valence-corrected chi connectivity index (χ3v) is 8.42. The van der Waals surface area contributed by atoms with Gasteiger partial charge >= 0.3 is 6.18 Å². The molecule has 4 aromatic rings. The summed E-state index contributed by atoms with van der Waals surface area (Å²) in [6, 6.07) is 12.9. The minimum absolute atomic E-state index is 0.0350. The summed E-state index contributed by atoms with van der Waals surface area (Å²) in [7, 11) is -2.93. The van der Waals surface area contributed by atoms with Crippen molar-refractivity contribution in [3.05, 3.63) is 83.8 Å². The van der Waals surface area contributed by atoms with Crippen LogP contribution in [-0.2, 0) is 21.8 Å². The third-order valence-electron chi connectivity index (χ3n) is 6.68. The van der Waals surface area contributed by atoms with Crippen molar-refractivity contribution < 1.29 is 40.2 Å². The van der Waals surface area contributed by atoms with Crippen LogP contribution >= 0.6 is 0 Å². The lowest BCUT2D eigenvalue weighted by atomic mass is 10.1. The molecule has 1 aliphatic carbocycles.